The molecule has 296 valence electrons. The highest BCUT2D eigenvalue weighted by molar-refractivity contribution is 9.10. The van der Waals surface area contributed by atoms with Crippen molar-refractivity contribution in [1.29, 1.82) is 0 Å². The van der Waals surface area contributed by atoms with Crippen molar-refractivity contribution >= 4 is 31.9 Å². The number of nitrogens with zero attached hydrogens (tertiary/aromatic N) is 5. The molecule has 11 nitrogen and oxygen atoms in total. The molecule has 0 aliphatic rings. The van der Waals surface area contributed by atoms with Gasteiger partial charge in [0, 0.05) is 24.2 Å². The highest BCUT2D eigenvalue weighted by Gasteiger charge is 2.34. The molecule has 54 heavy (non-hydrogen) atoms. The normalized spacial score (nSPS) is 12.5. The lowest BCUT2D eigenvalue weighted by atomic mass is 9.89. The Morgan fingerprint density at radius 1 is 0.815 bits per heavy atom. The van der Waals surface area contributed by atoms with Crippen LogP contribution < -0.4 is 18.5 Å². The van der Waals surface area contributed by atoms with Crippen molar-refractivity contribution in [2.75, 3.05) is 45.0 Å². The lowest BCUT2D eigenvalue weighted by molar-refractivity contribution is 0.121. The van der Waals surface area contributed by atoms with Crippen LogP contribution in [0.3, 0.4) is 0 Å². The van der Waals surface area contributed by atoms with Crippen molar-refractivity contribution in [3.05, 3.63) is 70.5 Å². The number of ether oxygens (including phenoxy) is 4. The first-order valence-electron chi connectivity index (χ1n) is 18.5. The number of sulfonamides is 1. The Morgan fingerprint density at radius 2 is 1.43 bits per heavy atom. The minimum Gasteiger partial charge on any atom is -0.494 e. The molecule has 0 bridgehead atoms. The van der Waals surface area contributed by atoms with Crippen LogP contribution >= 0.6 is 15.9 Å². The van der Waals surface area contributed by atoms with Crippen molar-refractivity contribution in [3.63, 3.8) is 0 Å². The molecule has 4 rings (SSSR count). The molecule has 14 heteroatoms. The third-order valence-electron chi connectivity index (χ3n) is 9.24. The lowest BCUT2D eigenvalue weighted by Crippen LogP contribution is -2.38. The van der Waals surface area contributed by atoms with E-state index in [2.05, 4.69) is 51.9 Å². The van der Waals surface area contributed by atoms with Crippen LogP contribution in [0.5, 0.6) is 17.4 Å². The van der Waals surface area contributed by atoms with Gasteiger partial charge in [-0.3, -0.25) is 4.57 Å². The van der Waals surface area contributed by atoms with E-state index in [4.69, 9.17) is 18.9 Å². The minimum absolute atomic E-state index is 0.0284. The van der Waals surface area contributed by atoms with Gasteiger partial charge >= 0.3 is 0 Å². The fraction of sp³-hybridized carbons (Fsp3) is 0.525. The van der Waals surface area contributed by atoms with Gasteiger partial charge in [-0.1, -0.05) is 106 Å². The van der Waals surface area contributed by atoms with Gasteiger partial charge in [0.15, 0.2) is 5.82 Å². The standard InChI is InChI=1S/C40H55BrFN5O6S/c1-40(2,3)25-15-13-11-9-8-10-12-14-16-26-46(54(48,49)28-35(52-6)30-24-23-29(42)27-31(30)41)39-45-44-38(32-19-17-22-36(43-32)53-7)47(39)37-33(50-4)20-18-21-34(37)51-5/h17-24,27,35H,8-16,25-26,28H2,1-7H3. The molecule has 0 N–H and O–H groups in total. The van der Waals surface area contributed by atoms with Crippen molar-refractivity contribution in [2.24, 2.45) is 5.41 Å². The fourth-order valence-electron chi connectivity index (χ4n) is 6.35. The van der Waals surface area contributed by atoms with Gasteiger partial charge in [-0.05, 0) is 54.2 Å². The maximum atomic E-state index is 14.7. The third-order valence-corrected chi connectivity index (χ3v) is 11.7. The monoisotopic (exact) mass is 831 g/mol. The van der Waals surface area contributed by atoms with Crippen molar-refractivity contribution in [2.45, 2.75) is 91.1 Å². The summed E-state index contributed by atoms with van der Waals surface area (Å²) in [6.07, 6.45) is 9.88. The van der Waals surface area contributed by atoms with Gasteiger partial charge in [-0.25, -0.2) is 22.1 Å². The van der Waals surface area contributed by atoms with E-state index in [-0.39, 0.29) is 18.3 Å². The average Bonchev–Trinajstić information content (AvgIpc) is 3.57. The second-order valence-electron chi connectivity index (χ2n) is 14.5. The quantitative estimate of drug-likeness (QED) is 0.0714. The summed E-state index contributed by atoms with van der Waals surface area (Å²) in [7, 11) is 1.80. The summed E-state index contributed by atoms with van der Waals surface area (Å²) in [5.74, 6) is 0.520. The van der Waals surface area contributed by atoms with E-state index in [1.54, 1.807) is 41.0 Å². The smallest absolute Gasteiger partial charge is 0.246 e. The van der Waals surface area contributed by atoms with E-state index in [0.717, 1.165) is 25.7 Å². The molecule has 0 aliphatic carbocycles. The first-order chi connectivity index (χ1) is 25.8. The second-order valence-corrected chi connectivity index (χ2v) is 17.3. The first kappa shape index (κ1) is 43.0. The largest absolute Gasteiger partial charge is 0.494 e. The molecule has 1 atom stereocenters. The van der Waals surface area contributed by atoms with Crippen LogP contribution in [-0.2, 0) is 14.8 Å². The Hall–Kier alpha value is -3.75. The van der Waals surface area contributed by atoms with E-state index in [9.17, 15) is 12.8 Å². The molecule has 0 saturated carbocycles. The Labute approximate surface area is 328 Å². The SMILES string of the molecule is COc1cccc(-c2nnc(N(CCCCCCCCCCCC(C)(C)C)S(=O)(=O)CC(OC)c3ccc(F)cc3Br)n2-c2c(OC)cccc2OC)n1. The van der Waals surface area contributed by atoms with Crippen LogP contribution in [0.15, 0.2) is 59.1 Å². The van der Waals surface area contributed by atoms with E-state index < -0.39 is 27.7 Å². The topological polar surface area (TPSA) is 118 Å². The zero-order valence-electron chi connectivity index (χ0n) is 32.6. The summed E-state index contributed by atoms with van der Waals surface area (Å²) in [6, 6.07) is 14.6. The number of para-hydroxylation sites is 1. The molecule has 0 amide bonds. The molecular weight excluding hydrogens is 777 g/mol. The molecule has 2 heterocycles. The number of benzene rings is 2. The Morgan fingerprint density at radius 3 is 2.00 bits per heavy atom. The molecule has 0 aliphatic heterocycles. The van der Waals surface area contributed by atoms with Crippen molar-refractivity contribution in [1.82, 2.24) is 19.7 Å². The highest BCUT2D eigenvalue weighted by Crippen LogP contribution is 2.39. The van der Waals surface area contributed by atoms with Gasteiger partial charge in [0.05, 0.1) is 33.2 Å². The zero-order chi connectivity index (χ0) is 39.3. The van der Waals surface area contributed by atoms with Crippen molar-refractivity contribution in [3.8, 4) is 34.6 Å². The van der Waals surface area contributed by atoms with Crippen LogP contribution in [0.1, 0.15) is 96.6 Å². The summed E-state index contributed by atoms with van der Waals surface area (Å²) in [5, 5.41) is 9.04. The summed E-state index contributed by atoms with van der Waals surface area (Å²) in [5.41, 5.74) is 1.66. The fourth-order valence-corrected chi connectivity index (χ4v) is 8.61. The Balaban J connectivity index is 1.70. The molecule has 0 fully saturated rings. The Bertz CT molecular complexity index is 1880. The minimum atomic E-state index is -4.19. The van der Waals surface area contributed by atoms with Gasteiger partial charge in [0.25, 0.3) is 0 Å². The summed E-state index contributed by atoms with van der Waals surface area (Å²) >= 11 is 3.39. The number of pyridine rings is 1. The van der Waals surface area contributed by atoms with E-state index in [1.807, 2.05) is 0 Å². The van der Waals surface area contributed by atoms with E-state index in [1.165, 1.54) is 83.0 Å². The first-order valence-corrected chi connectivity index (χ1v) is 20.9. The second kappa shape index (κ2) is 20.2. The maximum absolute atomic E-state index is 14.7. The molecule has 1 unspecified atom stereocenters. The number of hydrogen-bond donors (Lipinski definition) is 0. The van der Waals surface area contributed by atoms with Crippen LogP contribution in [-0.4, -0.2) is 68.9 Å². The summed E-state index contributed by atoms with van der Waals surface area (Å²) in [4.78, 5) is 4.60. The Kier molecular flexibility index (Phi) is 16.1. The van der Waals surface area contributed by atoms with Gasteiger partial charge < -0.3 is 18.9 Å². The molecule has 0 saturated heterocycles. The van der Waals surface area contributed by atoms with Gasteiger partial charge in [-0.2, -0.15) is 0 Å². The maximum Gasteiger partial charge on any atom is 0.246 e. The van der Waals surface area contributed by atoms with E-state index in [0.29, 0.717) is 50.6 Å². The molecule has 0 radical (unpaired) electrons. The molecule has 4 aromatic rings. The number of halogens is 2. The molecule has 2 aromatic carbocycles. The molecule has 0 spiro atoms. The highest BCUT2D eigenvalue weighted by atomic mass is 79.9. The van der Waals surface area contributed by atoms with Gasteiger partial charge in [-0.15, -0.1) is 10.2 Å². The van der Waals surface area contributed by atoms with Gasteiger partial charge in [0.2, 0.25) is 21.9 Å². The van der Waals surface area contributed by atoms with Crippen LogP contribution in [0.4, 0.5) is 10.3 Å². The summed E-state index contributed by atoms with van der Waals surface area (Å²) in [6.45, 7) is 6.99. The summed E-state index contributed by atoms with van der Waals surface area (Å²) < 4.78 is 69.5. The van der Waals surface area contributed by atoms with E-state index >= 15 is 0 Å². The van der Waals surface area contributed by atoms with Crippen LogP contribution in [0.2, 0.25) is 0 Å². The third kappa shape index (κ3) is 11.6. The zero-order valence-corrected chi connectivity index (χ0v) is 35.0. The van der Waals surface area contributed by atoms with Crippen LogP contribution in [0.25, 0.3) is 17.2 Å². The predicted molar refractivity (Wildman–Crippen MR) is 215 cm³/mol. The number of unbranched alkanes of at least 4 members (excludes halogenated alkanes) is 8. The molecular formula is C40H55BrFN5O6S. The number of anilines is 1. The van der Waals surface area contributed by atoms with Crippen LogP contribution in [0, 0.1) is 11.2 Å². The number of hydrogen-bond acceptors (Lipinski definition) is 9. The lowest BCUT2D eigenvalue weighted by Gasteiger charge is -2.27. The number of rotatable bonds is 22. The molecule has 2 aromatic heterocycles. The number of methoxy groups -OCH3 is 4. The van der Waals surface area contributed by atoms with Crippen molar-refractivity contribution < 1.29 is 31.8 Å². The predicted octanol–water partition coefficient (Wildman–Crippen LogP) is 9.73. The van der Waals surface area contributed by atoms with Gasteiger partial charge in [0.1, 0.15) is 28.7 Å². The number of aromatic nitrogens is 4. The average molecular weight is 833 g/mol.